The van der Waals surface area contributed by atoms with E-state index >= 15 is 0 Å². The lowest BCUT2D eigenvalue weighted by atomic mass is 9.83. The van der Waals surface area contributed by atoms with Gasteiger partial charge in [0, 0.05) is 6.42 Å². The third-order valence-corrected chi connectivity index (χ3v) is 12.4. The molecule has 216 valence electrons. The Balaban J connectivity index is 0.000000155. The van der Waals surface area contributed by atoms with Gasteiger partial charge in [-0.3, -0.25) is 18.0 Å². The van der Waals surface area contributed by atoms with Crippen LogP contribution in [0.1, 0.15) is 67.2 Å². The third-order valence-electron chi connectivity index (χ3n) is 8.99. The first kappa shape index (κ1) is 28.2. The first-order valence-corrected chi connectivity index (χ1v) is 16.1. The van der Waals surface area contributed by atoms with Crippen LogP contribution in [0.4, 0.5) is 0 Å². The molecule has 0 spiro atoms. The standard InChI is InChI=1S/2C12H18O6S/c1-4-6(2)11(13)16-10-9-8-7(19(14,15)18-9)5-12(10,3)17-8;1-4-6(2)11(13)17-9-7-5-8-10(16-7)12(9,3)18-19(8,14)15/h2*6-10H,4-5H2,1-3H3. The number of fused-ring (bicyclic) bond motifs is 2. The minimum Gasteiger partial charge on any atom is -0.456 e. The minimum absolute atomic E-state index is 0.212. The molecule has 6 fully saturated rings. The molecule has 0 saturated carbocycles. The highest BCUT2D eigenvalue weighted by molar-refractivity contribution is 7.88. The van der Waals surface area contributed by atoms with Gasteiger partial charge in [-0.2, -0.15) is 16.8 Å². The second-order valence-electron chi connectivity index (χ2n) is 11.7. The second kappa shape index (κ2) is 9.10. The van der Waals surface area contributed by atoms with Gasteiger partial charge in [-0.15, -0.1) is 0 Å². The summed E-state index contributed by atoms with van der Waals surface area (Å²) < 4.78 is 79.9. The van der Waals surface area contributed by atoms with Gasteiger partial charge in [0.1, 0.15) is 34.4 Å². The monoisotopic (exact) mass is 580 g/mol. The van der Waals surface area contributed by atoms with Gasteiger partial charge in [-0.1, -0.05) is 27.7 Å². The second-order valence-corrected chi connectivity index (χ2v) is 15.2. The maximum absolute atomic E-state index is 11.9. The van der Waals surface area contributed by atoms with Crippen LogP contribution in [-0.2, 0) is 57.1 Å². The zero-order valence-electron chi connectivity index (χ0n) is 22.3. The molecule has 38 heavy (non-hydrogen) atoms. The molecule has 0 aromatic rings. The molecule has 0 aromatic heterocycles. The topological polar surface area (TPSA) is 158 Å². The predicted octanol–water partition coefficient (Wildman–Crippen LogP) is 1.21. The molecule has 4 bridgehead atoms. The Morgan fingerprint density at radius 3 is 2.05 bits per heavy atom. The Morgan fingerprint density at radius 2 is 1.47 bits per heavy atom. The first-order valence-electron chi connectivity index (χ1n) is 13.2. The summed E-state index contributed by atoms with van der Waals surface area (Å²) in [4.78, 5) is 23.8. The van der Waals surface area contributed by atoms with Crippen LogP contribution < -0.4 is 0 Å². The highest BCUT2D eigenvalue weighted by atomic mass is 32.2. The van der Waals surface area contributed by atoms with Crippen LogP contribution in [0.2, 0.25) is 0 Å². The molecule has 0 aliphatic carbocycles. The first-order chi connectivity index (χ1) is 17.6. The zero-order chi connectivity index (χ0) is 28.0. The van der Waals surface area contributed by atoms with Crippen molar-refractivity contribution < 1.29 is 53.7 Å². The van der Waals surface area contributed by atoms with Crippen LogP contribution in [0.5, 0.6) is 0 Å². The summed E-state index contributed by atoms with van der Waals surface area (Å²) >= 11 is 0. The van der Waals surface area contributed by atoms with Crippen LogP contribution in [0, 0.1) is 11.8 Å². The van der Waals surface area contributed by atoms with E-state index in [1.54, 1.807) is 27.7 Å². The van der Waals surface area contributed by atoms with Crippen molar-refractivity contribution in [1.29, 1.82) is 0 Å². The Bertz CT molecular complexity index is 1190. The van der Waals surface area contributed by atoms with Gasteiger partial charge in [-0.25, -0.2) is 0 Å². The fourth-order valence-corrected chi connectivity index (χ4v) is 9.93. The highest BCUT2D eigenvalue weighted by Gasteiger charge is 2.74. The van der Waals surface area contributed by atoms with E-state index in [0.29, 0.717) is 25.7 Å². The van der Waals surface area contributed by atoms with Crippen LogP contribution in [0.25, 0.3) is 0 Å². The Morgan fingerprint density at radius 1 is 0.895 bits per heavy atom. The fourth-order valence-electron chi connectivity index (χ4n) is 6.32. The summed E-state index contributed by atoms with van der Waals surface area (Å²) in [5, 5.41) is -1.22. The van der Waals surface area contributed by atoms with Crippen LogP contribution >= 0.6 is 0 Å². The van der Waals surface area contributed by atoms with Crippen LogP contribution in [-0.4, -0.2) is 87.1 Å². The van der Waals surface area contributed by atoms with Gasteiger partial charge in [0.05, 0.1) is 17.9 Å². The molecule has 6 saturated heterocycles. The maximum atomic E-state index is 11.9. The number of hydrogen-bond acceptors (Lipinski definition) is 12. The fraction of sp³-hybridized carbons (Fsp3) is 0.917. The van der Waals surface area contributed by atoms with Gasteiger partial charge in [0.25, 0.3) is 20.2 Å². The summed E-state index contributed by atoms with van der Waals surface area (Å²) in [5.41, 5.74) is -1.80. The van der Waals surface area contributed by atoms with Gasteiger partial charge < -0.3 is 18.9 Å². The molecular weight excluding hydrogens is 544 g/mol. The van der Waals surface area contributed by atoms with E-state index in [1.807, 2.05) is 13.8 Å². The van der Waals surface area contributed by atoms with Gasteiger partial charge in [0.15, 0.2) is 17.8 Å². The molecule has 12 nitrogen and oxygen atoms in total. The summed E-state index contributed by atoms with van der Waals surface area (Å²) in [6, 6.07) is 0. The Hall–Kier alpha value is -1.32. The summed E-state index contributed by atoms with van der Waals surface area (Å²) in [7, 11) is -7.18. The Kier molecular flexibility index (Phi) is 6.76. The lowest BCUT2D eigenvalue weighted by molar-refractivity contribution is -0.165. The molecule has 0 N–H and O–H groups in total. The van der Waals surface area contributed by atoms with Crippen molar-refractivity contribution >= 4 is 32.2 Å². The van der Waals surface area contributed by atoms with E-state index in [9.17, 15) is 26.4 Å². The number of esters is 2. The van der Waals surface area contributed by atoms with Crippen molar-refractivity contribution in [1.82, 2.24) is 0 Å². The smallest absolute Gasteiger partial charge is 0.309 e. The number of carbonyl (C=O) groups is 2. The largest absolute Gasteiger partial charge is 0.456 e. The minimum atomic E-state index is -3.60. The molecule has 6 aliphatic rings. The Labute approximate surface area is 223 Å². The molecule has 14 heteroatoms. The van der Waals surface area contributed by atoms with Crippen molar-refractivity contribution in [2.75, 3.05) is 0 Å². The zero-order valence-corrected chi connectivity index (χ0v) is 24.0. The lowest BCUT2D eigenvalue weighted by Gasteiger charge is -2.31. The third kappa shape index (κ3) is 4.12. The van der Waals surface area contributed by atoms with Crippen LogP contribution in [0.3, 0.4) is 0 Å². The van der Waals surface area contributed by atoms with Crippen molar-refractivity contribution in [2.45, 2.75) is 126 Å². The van der Waals surface area contributed by atoms with E-state index < -0.39 is 72.5 Å². The predicted molar refractivity (Wildman–Crippen MR) is 130 cm³/mol. The summed E-state index contributed by atoms with van der Waals surface area (Å²) in [6.45, 7) is 10.8. The summed E-state index contributed by atoms with van der Waals surface area (Å²) in [6.07, 6.45) is -1.29. The van der Waals surface area contributed by atoms with E-state index in [-0.39, 0.29) is 29.9 Å². The van der Waals surface area contributed by atoms with E-state index in [1.165, 1.54) is 0 Å². The average Bonchev–Trinajstić information content (AvgIpc) is 3.61. The highest BCUT2D eigenvalue weighted by Crippen LogP contribution is 2.55. The van der Waals surface area contributed by atoms with Crippen molar-refractivity contribution in [2.24, 2.45) is 11.8 Å². The molecule has 0 radical (unpaired) electrons. The average molecular weight is 581 g/mol. The molecule has 6 heterocycles. The van der Waals surface area contributed by atoms with Gasteiger partial charge in [-0.05, 0) is 33.1 Å². The molecule has 6 aliphatic heterocycles. The van der Waals surface area contributed by atoms with Gasteiger partial charge in [0.2, 0.25) is 0 Å². The van der Waals surface area contributed by atoms with E-state index in [2.05, 4.69) is 0 Å². The maximum Gasteiger partial charge on any atom is 0.309 e. The SMILES string of the molecule is CCC(C)C(=O)OC1C2CC3C(O2)C1(C)OS3(=O)=O.CCC(C)C(=O)OC1C2OS(=O)(=O)C3CC1(C)OC23. The molecule has 0 aromatic carbocycles. The van der Waals surface area contributed by atoms with E-state index in [4.69, 9.17) is 27.3 Å². The molecule has 12 unspecified atom stereocenters. The number of carbonyl (C=O) groups excluding carboxylic acids is 2. The molecule has 12 atom stereocenters. The van der Waals surface area contributed by atoms with Crippen molar-refractivity contribution in [3.05, 3.63) is 0 Å². The molecular formula is C24H36O12S2. The summed E-state index contributed by atoms with van der Waals surface area (Å²) in [5.74, 6) is -1.07. The number of rotatable bonds is 6. The van der Waals surface area contributed by atoms with Gasteiger partial charge >= 0.3 is 11.9 Å². The molecule has 6 rings (SSSR count). The lowest BCUT2D eigenvalue weighted by Crippen LogP contribution is -2.51. The van der Waals surface area contributed by atoms with Crippen molar-refractivity contribution in [3.8, 4) is 0 Å². The van der Waals surface area contributed by atoms with Crippen LogP contribution in [0.15, 0.2) is 0 Å². The normalized spacial score (nSPS) is 47.3. The number of ether oxygens (including phenoxy) is 4. The van der Waals surface area contributed by atoms with E-state index in [0.717, 1.165) is 0 Å². The van der Waals surface area contributed by atoms with Crippen molar-refractivity contribution in [3.63, 3.8) is 0 Å². The molecule has 0 amide bonds. The number of hydrogen-bond donors (Lipinski definition) is 0. The quantitative estimate of drug-likeness (QED) is 0.327.